The third-order valence-corrected chi connectivity index (χ3v) is 6.19. The molecule has 1 saturated heterocycles. The molecule has 2 fully saturated rings. The summed E-state index contributed by atoms with van der Waals surface area (Å²) in [5, 5.41) is 16.4. The van der Waals surface area contributed by atoms with Gasteiger partial charge in [0, 0.05) is 18.7 Å². The first-order chi connectivity index (χ1) is 12.5. The fourth-order valence-corrected chi connectivity index (χ4v) is 4.30. The van der Waals surface area contributed by atoms with Crippen molar-refractivity contribution in [2.45, 2.75) is 45.4 Å². The van der Waals surface area contributed by atoms with Gasteiger partial charge in [-0.05, 0) is 68.6 Å². The molecule has 138 valence electrons. The van der Waals surface area contributed by atoms with Crippen molar-refractivity contribution >= 4 is 11.9 Å². The Morgan fingerprint density at radius 2 is 2.04 bits per heavy atom. The van der Waals surface area contributed by atoms with Crippen molar-refractivity contribution in [3.63, 3.8) is 0 Å². The second kappa shape index (κ2) is 6.34. The van der Waals surface area contributed by atoms with Crippen LogP contribution in [0.5, 0.6) is 5.75 Å². The molecule has 26 heavy (non-hydrogen) atoms. The Balaban J connectivity index is 1.31. The lowest BCUT2D eigenvalue weighted by Gasteiger charge is -2.52. The summed E-state index contributed by atoms with van der Waals surface area (Å²) in [6.07, 6.45) is 4.35. The molecular formula is C20H25N3O3. The Morgan fingerprint density at radius 1 is 1.31 bits per heavy atom. The average Bonchev–Trinajstić information content (AvgIpc) is 2.92. The van der Waals surface area contributed by atoms with Crippen LogP contribution in [0.15, 0.2) is 28.8 Å². The van der Waals surface area contributed by atoms with Crippen LogP contribution < -0.4 is 5.32 Å². The first-order valence-electron chi connectivity index (χ1n) is 9.23. The summed E-state index contributed by atoms with van der Waals surface area (Å²) in [6.45, 7) is 5.29. The van der Waals surface area contributed by atoms with Gasteiger partial charge >= 0.3 is 6.03 Å². The van der Waals surface area contributed by atoms with E-state index in [0.29, 0.717) is 23.0 Å². The van der Waals surface area contributed by atoms with E-state index < -0.39 is 0 Å². The second-order valence-electron chi connectivity index (χ2n) is 7.84. The summed E-state index contributed by atoms with van der Waals surface area (Å²) >= 11 is 0. The minimum Gasteiger partial charge on any atom is -0.508 e. The maximum Gasteiger partial charge on any atom is 0.324 e. The largest absolute Gasteiger partial charge is 0.508 e. The molecule has 2 N–H and O–H groups in total. The summed E-state index contributed by atoms with van der Waals surface area (Å²) in [5.41, 5.74) is 3.25. The number of rotatable bonds is 2. The molecule has 4 rings (SSSR count). The topological polar surface area (TPSA) is 78.6 Å². The van der Waals surface area contributed by atoms with E-state index in [2.05, 4.69) is 16.5 Å². The number of piperidine rings is 1. The number of nitrogens with one attached hydrogen (secondary N) is 1. The smallest absolute Gasteiger partial charge is 0.324 e. The highest BCUT2D eigenvalue weighted by molar-refractivity contribution is 5.88. The molecule has 0 atom stereocenters. The lowest BCUT2D eigenvalue weighted by atomic mass is 9.56. The van der Waals surface area contributed by atoms with Crippen LogP contribution in [-0.4, -0.2) is 34.3 Å². The van der Waals surface area contributed by atoms with E-state index in [1.165, 1.54) is 5.56 Å². The van der Waals surface area contributed by atoms with Gasteiger partial charge in [0.2, 0.25) is 5.88 Å². The molecule has 1 aromatic carbocycles. The van der Waals surface area contributed by atoms with Crippen molar-refractivity contribution in [3.8, 4) is 5.75 Å². The molecule has 0 radical (unpaired) electrons. The molecule has 2 heterocycles. The fourth-order valence-electron chi connectivity index (χ4n) is 4.30. The minimum atomic E-state index is -0.108. The predicted octanol–water partition coefficient (Wildman–Crippen LogP) is 4.19. The van der Waals surface area contributed by atoms with Crippen molar-refractivity contribution in [1.82, 2.24) is 10.1 Å². The van der Waals surface area contributed by atoms with Crippen LogP contribution in [-0.2, 0) is 0 Å². The monoisotopic (exact) mass is 355 g/mol. The number of hydrogen-bond donors (Lipinski definition) is 2. The average molecular weight is 355 g/mol. The molecule has 1 aliphatic carbocycles. The summed E-state index contributed by atoms with van der Waals surface area (Å²) < 4.78 is 5.17. The number of aromatic nitrogens is 1. The molecule has 2 aromatic rings. The molecule has 1 saturated carbocycles. The third-order valence-electron chi connectivity index (χ3n) is 6.19. The van der Waals surface area contributed by atoms with E-state index in [9.17, 15) is 9.90 Å². The van der Waals surface area contributed by atoms with Crippen LogP contribution >= 0.6 is 0 Å². The normalized spacial score (nSPS) is 19.4. The number of benzene rings is 1. The first kappa shape index (κ1) is 16.9. The van der Waals surface area contributed by atoms with E-state index in [-0.39, 0.29) is 6.03 Å². The second-order valence-corrected chi connectivity index (χ2v) is 7.84. The Bertz CT molecular complexity index is 813. The highest BCUT2D eigenvalue weighted by atomic mass is 16.5. The number of carbonyl (C=O) groups excluding carboxylic acids is 1. The highest BCUT2D eigenvalue weighted by Crippen LogP contribution is 2.56. The van der Waals surface area contributed by atoms with Gasteiger partial charge < -0.3 is 14.5 Å². The summed E-state index contributed by atoms with van der Waals surface area (Å²) in [5.74, 6) is 1.32. The molecule has 6 nitrogen and oxygen atoms in total. The number of anilines is 1. The quantitative estimate of drug-likeness (QED) is 0.847. The van der Waals surface area contributed by atoms with Gasteiger partial charge in [0.05, 0.1) is 5.69 Å². The van der Waals surface area contributed by atoms with Crippen LogP contribution in [0.2, 0.25) is 0 Å². The van der Waals surface area contributed by atoms with E-state index in [4.69, 9.17) is 4.52 Å². The Kier molecular flexibility index (Phi) is 4.13. The van der Waals surface area contributed by atoms with Crippen LogP contribution in [0.1, 0.15) is 48.4 Å². The Morgan fingerprint density at radius 3 is 2.65 bits per heavy atom. The van der Waals surface area contributed by atoms with Gasteiger partial charge in [-0.15, -0.1) is 0 Å². The number of urea groups is 1. The van der Waals surface area contributed by atoms with Crippen LogP contribution in [0.25, 0.3) is 0 Å². The van der Waals surface area contributed by atoms with Gasteiger partial charge in [0.15, 0.2) is 0 Å². The molecule has 0 bridgehead atoms. The van der Waals surface area contributed by atoms with Crippen LogP contribution in [0, 0.1) is 19.3 Å². The van der Waals surface area contributed by atoms with Gasteiger partial charge in [-0.1, -0.05) is 17.3 Å². The van der Waals surface area contributed by atoms with Crippen LogP contribution in [0.4, 0.5) is 10.7 Å². The van der Waals surface area contributed by atoms with Crippen molar-refractivity contribution in [2.75, 3.05) is 18.4 Å². The van der Waals surface area contributed by atoms with Gasteiger partial charge in [0.1, 0.15) is 5.75 Å². The Hall–Kier alpha value is -2.50. The summed E-state index contributed by atoms with van der Waals surface area (Å²) in [7, 11) is 0. The number of aryl methyl sites for hydroxylation is 1. The standard InChI is InChI=1S/C20H25N3O3/c1-13-14(2)22-26-18(13)21-19(25)23-8-6-20(7-9-23)11-16(12-20)15-4-3-5-17(24)10-15/h3-5,10,16,24H,6-9,11-12H2,1-2H3,(H,21,25). The van der Waals surface area contributed by atoms with Gasteiger partial charge in [-0.3, -0.25) is 5.32 Å². The molecule has 0 unspecified atom stereocenters. The molecular weight excluding hydrogens is 330 g/mol. The van der Waals surface area contributed by atoms with Crippen molar-refractivity contribution < 1.29 is 14.4 Å². The minimum absolute atomic E-state index is 0.108. The van der Waals surface area contributed by atoms with Gasteiger partial charge in [0.25, 0.3) is 0 Å². The fraction of sp³-hybridized carbons (Fsp3) is 0.500. The summed E-state index contributed by atoms with van der Waals surface area (Å²) in [4.78, 5) is 14.3. The maximum absolute atomic E-state index is 12.5. The van der Waals surface area contributed by atoms with Crippen molar-refractivity contribution in [1.29, 1.82) is 0 Å². The number of aromatic hydroxyl groups is 1. The number of likely N-dealkylation sites (tertiary alicyclic amines) is 1. The number of amides is 2. The number of phenols is 1. The zero-order chi connectivity index (χ0) is 18.3. The third kappa shape index (κ3) is 3.04. The molecule has 1 spiro atoms. The molecule has 2 aliphatic rings. The van der Waals surface area contributed by atoms with Gasteiger partial charge in [-0.25, -0.2) is 4.79 Å². The van der Waals surface area contributed by atoms with Crippen molar-refractivity contribution in [2.24, 2.45) is 5.41 Å². The number of nitrogens with zero attached hydrogens (tertiary/aromatic N) is 2. The van der Waals surface area contributed by atoms with Gasteiger partial charge in [-0.2, -0.15) is 0 Å². The lowest BCUT2D eigenvalue weighted by Crippen LogP contribution is -2.49. The van der Waals surface area contributed by atoms with E-state index in [1.807, 2.05) is 30.9 Å². The van der Waals surface area contributed by atoms with Crippen LogP contribution in [0.3, 0.4) is 0 Å². The number of hydrogen-bond acceptors (Lipinski definition) is 4. The highest BCUT2D eigenvalue weighted by Gasteiger charge is 2.46. The van der Waals surface area contributed by atoms with E-state index in [1.54, 1.807) is 6.07 Å². The number of carbonyl (C=O) groups is 1. The number of phenolic OH excluding ortho intramolecular Hbond substituents is 1. The SMILES string of the molecule is Cc1noc(NC(=O)N2CCC3(CC2)CC(c2cccc(O)c2)C3)c1C. The lowest BCUT2D eigenvalue weighted by molar-refractivity contribution is 0.0289. The molecule has 2 amide bonds. The molecule has 1 aliphatic heterocycles. The zero-order valence-electron chi connectivity index (χ0n) is 15.3. The summed E-state index contributed by atoms with van der Waals surface area (Å²) in [6, 6.07) is 7.49. The van der Waals surface area contributed by atoms with E-state index in [0.717, 1.165) is 50.0 Å². The van der Waals surface area contributed by atoms with Crippen molar-refractivity contribution in [3.05, 3.63) is 41.1 Å². The zero-order valence-corrected chi connectivity index (χ0v) is 15.3. The predicted molar refractivity (Wildman–Crippen MR) is 98.3 cm³/mol. The Labute approximate surface area is 153 Å². The maximum atomic E-state index is 12.5. The first-order valence-corrected chi connectivity index (χ1v) is 9.23. The van der Waals surface area contributed by atoms with E-state index >= 15 is 0 Å². The molecule has 1 aromatic heterocycles. The molecule has 6 heteroatoms.